The molecule has 1 amide bonds. The van der Waals surface area contributed by atoms with E-state index in [0.717, 1.165) is 0 Å². The van der Waals surface area contributed by atoms with Gasteiger partial charge in [0.25, 0.3) is 5.91 Å². The molecule has 0 saturated heterocycles. The predicted molar refractivity (Wildman–Crippen MR) is 60.9 cm³/mol. The number of para-hydroxylation sites is 1. The van der Waals surface area contributed by atoms with Crippen LogP contribution in [0.4, 0.5) is 5.69 Å². The van der Waals surface area contributed by atoms with Crippen molar-refractivity contribution in [3.8, 4) is 0 Å². The highest BCUT2D eigenvalue weighted by atomic mass is 35.5. The largest absolute Gasteiger partial charge is 0.364 e. The highest BCUT2D eigenvalue weighted by molar-refractivity contribution is 6.39. The van der Waals surface area contributed by atoms with Gasteiger partial charge in [-0.1, -0.05) is 34.4 Å². The second-order valence-electron chi connectivity index (χ2n) is 2.94. The van der Waals surface area contributed by atoms with E-state index in [4.69, 9.17) is 23.2 Å². The third-order valence-electron chi connectivity index (χ3n) is 1.87. The number of nitrogens with one attached hydrogen (secondary N) is 1. The predicted octanol–water partition coefficient (Wildman–Crippen LogP) is 3.23. The van der Waals surface area contributed by atoms with E-state index in [9.17, 15) is 4.79 Å². The number of aromatic nitrogens is 1. The van der Waals surface area contributed by atoms with Crippen LogP contribution in [0, 0.1) is 0 Å². The molecule has 0 radical (unpaired) electrons. The van der Waals surface area contributed by atoms with Gasteiger partial charge in [-0.05, 0) is 12.1 Å². The summed E-state index contributed by atoms with van der Waals surface area (Å²) in [6.07, 6.45) is 1.31. The molecule has 2 rings (SSSR count). The Bertz CT molecular complexity index is 491. The monoisotopic (exact) mass is 256 g/mol. The first-order valence-electron chi connectivity index (χ1n) is 4.34. The number of anilines is 1. The molecule has 6 heteroatoms. The van der Waals surface area contributed by atoms with E-state index >= 15 is 0 Å². The summed E-state index contributed by atoms with van der Waals surface area (Å²) in [5, 5.41) is 6.78. The highest BCUT2D eigenvalue weighted by Crippen LogP contribution is 2.29. The molecule has 1 aromatic carbocycles. The van der Waals surface area contributed by atoms with Crippen molar-refractivity contribution in [2.45, 2.75) is 0 Å². The number of rotatable bonds is 2. The topological polar surface area (TPSA) is 55.1 Å². The van der Waals surface area contributed by atoms with Gasteiger partial charge >= 0.3 is 0 Å². The van der Waals surface area contributed by atoms with Crippen LogP contribution < -0.4 is 5.32 Å². The lowest BCUT2D eigenvalue weighted by atomic mass is 10.3. The van der Waals surface area contributed by atoms with Crippen molar-refractivity contribution in [2.24, 2.45) is 0 Å². The summed E-state index contributed by atoms with van der Waals surface area (Å²) in [4.78, 5) is 11.6. The second kappa shape index (κ2) is 4.55. The quantitative estimate of drug-likeness (QED) is 0.898. The Balaban J connectivity index is 2.25. The number of hydrogen-bond donors (Lipinski definition) is 1. The van der Waals surface area contributed by atoms with Crippen LogP contribution in [-0.2, 0) is 0 Å². The standard InChI is InChI=1S/C10H6Cl2N2O2/c11-6-2-1-3-7(12)9(6)13-10(15)8-4-5-16-14-8/h1-5H,(H,13,15). The van der Waals surface area contributed by atoms with Crippen LogP contribution in [0.25, 0.3) is 0 Å². The molecule has 16 heavy (non-hydrogen) atoms. The van der Waals surface area contributed by atoms with Crippen LogP contribution in [0.3, 0.4) is 0 Å². The van der Waals surface area contributed by atoms with Gasteiger partial charge in [0.1, 0.15) is 6.26 Å². The summed E-state index contributed by atoms with van der Waals surface area (Å²) < 4.78 is 4.56. The SMILES string of the molecule is O=C(Nc1c(Cl)cccc1Cl)c1ccon1. The molecule has 4 nitrogen and oxygen atoms in total. The highest BCUT2D eigenvalue weighted by Gasteiger charge is 2.13. The Hall–Kier alpha value is -1.52. The Labute approximate surface area is 101 Å². The lowest BCUT2D eigenvalue weighted by Crippen LogP contribution is -2.12. The first kappa shape index (κ1) is 11.0. The Morgan fingerprint density at radius 3 is 2.50 bits per heavy atom. The van der Waals surface area contributed by atoms with Crippen molar-refractivity contribution in [3.63, 3.8) is 0 Å². The minimum absolute atomic E-state index is 0.163. The number of hydrogen-bond acceptors (Lipinski definition) is 3. The van der Waals surface area contributed by atoms with Gasteiger partial charge in [-0.25, -0.2) is 0 Å². The molecule has 0 bridgehead atoms. The Kier molecular flexibility index (Phi) is 3.12. The van der Waals surface area contributed by atoms with Gasteiger partial charge in [-0.15, -0.1) is 0 Å². The number of nitrogens with zero attached hydrogens (tertiary/aromatic N) is 1. The van der Waals surface area contributed by atoms with E-state index < -0.39 is 5.91 Å². The lowest BCUT2D eigenvalue weighted by molar-refractivity contribution is 0.101. The lowest BCUT2D eigenvalue weighted by Gasteiger charge is -2.06. The molecule has 0 aliphatic carbocycles. The molecule has 1 heterocycles. The molecule has 82 valence electrons. The van der Waals surface area contributed by atoms with E-state index in [-0.39, 0.29) is 5.69 Å². The summed E-state index contributed by atoms with van der Waals surface area (Å²) in [6.45, 7) is 0. The zero-order chi connectivity index (χ0) is 11.5. The number of amides is 1. The van der Waals surface area contributed by atoms with Gasteiger partial charge in [0, 0.05) is 6.07 Å². The average Bonchev–Trinajstić information content (AvgIpc) is 2.76. The third kappa shape index (κ3) is 2.18. The van der Waals surface area contributed by atoms with Crippen LogP contribution in [0.5, 0.6) is 0 Å². The maximum absolute atomic E-state index is 11.6. The average molecular weight is 257 g/mol. The molecule has 1 aromatic heterocycles. The van der Waals surface area contributed by atoms with Gasteiger partial charge in [-0.3, -0.25) is 4.79 Å². The molecular weight excluding hydrogens is 251 g/mol. The second-order valence-corrected chi connectivity index (χ2v) is 3.75. The van der Waals surface area contributed by atoms with Crippen LogP contribution in [0.15, 0.2) is 35.1 Å². The smallest absolute Gasteiger partial charge is 0.277 e. The molecule has 0 unspecified atom stereocenters. The Morgan fingerprint density at radius 1 is 1.25 bits per heavy atom. The first-order chi connectivity index (χ1) is 7.68. The molecule has 1 N–H and O–H groups in total. The van der Waals surface area contributed by atoms with Gasteiger partial charge < -0.3 is 9.84 Å². The Morgan fingerprint density at radius 2 is 1.94 bits per heavy atom. The summed E-state index contributed by atoms with van der Waals surface area (Å²) in [5.74, 6) is -0.427. The molecule has 0 aliphatic rings. The minimum atomic E-state index is -0.427. The summed E-state index contributed by atoms with van der Waals surface area (Å²) in [7, 11) is 0. The number of carbonyl (C=O) groups excluding carboxylic acids is 1. The van der Waals surface area contributed by atoms with Crippen LogP contribution >= 0.6 is 23.2 Å². The maximum Gasteiger partial charge on any atom is 0.277 e. The fourth-order valence-electron chi connectivity index (χ4n) is 1.12. The fourth-order valence-corrected chi connectivity index (χ4v) is 1.62. The minimum Gasteiger partial charge on any atom is -0.364 e. The molecule has 2 aromatic rings. The van der Waals surface area contributed by atoms with Crippen molar-refractivity contribution < 1.29 is 9.32 Å². The van der Waals surface area contributed by atoms with Gasteiger partial charge in [0.2, 0.25) is 0 Å². The molecule has 0 atom stereocenters. The molecular formula is C10H6Cl2N2O2. The normalized spacial score (nSPS) is 10.1. The number of benzene rings is 1. The van der Waals surface area contributed by atoms with E-state index in [1.165, 1.54) is 12.3 Å². The van der Waals surface area contributed by atoms with Crippen molar-refractivity contribution in [3.05, 3.63) is 46.3 Å². The third-order valence-corrected chi connectivity index (χ3v) is 2.50. The molecule has 0 spiro atoms. The zero-order valence-electron chi connectivity index (χ0n) is 7.91. The van der Waals surface area contributed by atoms with Gasteiger partial charge in [-0.2, -0.15) is 0 Å². The summed E-state index contributed by atoms with van der Waals surface area (Å²) >= 11 is 11.8. The van der Waals surface area contributed by atoms with Crippen LogP contribution in [-0.4, -0.2) is 11.1 Å². The van der Waals surface area contributed by atoms with Crippen LogP contribution in [0.1, 0.15) is 10.5 Å². The summed E-state index contributed by atoms with van der Waals surface area (Å²) in [6, 6.07) is 6.40. The van der Waals surface area contributed by atoms with Crippen molar-refractivity contribution in [1.29, 1.82) is 0 Å². The molecule has 0 aliphatic heterocycles. The zero-order valence-corrected chi connectivity index (χ0v) is 9.42. The van der Waals surface area contributed by atoms with Crippen molar-refractivity contribution >= 4 is 34.8 Å². The van der Waals surface area contributed by atoms with Gasteiger partial charge in [0.05, 0.1) is 15.7 Å². The maximum atomic E-state index is 11.6. The van der Waals surface area contributed by atoms with Crippen LogP contribution in [0.2, 0.25) is 10.0 Å². The van der Waals surface area contributed by atoms with Crippen molar-refractivity contribution in [2.75, 3.05) is 5.32 Å². The molecule has 0 fully saturated rings. The first-order valence-corrected chi connectivity index (χ1v) is 5.10. The van der Waals surface area contributed by atoms with E-state index in [2.05, 4.69) is 15.0 Å². The van der Waals surface area contributed by atoms with E-state index in [1.54, 1.807) is 18.2 Å². The van der Waals surface area contributed by atoms with Gasteiger partial charge in [0.15, 0.2) is 5.69 Å². The van der Waals surface area contributed by atoms with Crippen molar-refractivity contribution in [1.82, 2.24) is 5.16 Å². The van der Waals surface area contributed by atoms with E-state index in [1.807, 2.05) is 0 Å². The van der Waals surface area contributed by atoms with E-state index in [0.29, 0.717) is 15.7 Å². The summed E-state index contributed by atoms with van der Waals surface area (Å²) in [5.41, 5.74) is 0.523. The number of halogens is 2. The molecule has 0 saturated carbocycles. The number of carbonyl (C=O) groups is 1. The fraction of sp³-hybridized carbons (Fsp3) is 0.